The Morgan fingerprint density at radius 1 is 1.33 bits per heavy atom. The van der Waals surface area contributed by atoms with Crippen LogP contribution in [0.3, 0.4) is 0 Å². The fraction of sp³-hybridized carbons (Fsp3) is 0.462. The molecule has 1 unspecified atom stereocenters. The molecule has 0 aliphatic heterocycles. The molecule has 1 aromatic rings. The van der Waals surface area contributed by atoms with E-state index in [-0.39, 0.29) is 0 Å². The summed E-state index contributed by atoms with van der Waals surface area (Å²) in [5.41, 5.74) is -0.268. The molecule has 0 saturated carbocycles. The molecule has 0 amide bonds. The van der Waals surface area contributed by atoms with Crippen LogP contribution in [0.25, 0.3) is 0 Å². The molecule has 0 radical (unpaired) electrons. The monoisotopic (exact) mass is 205 g/mol. The van der Waals surface area contributed by atoms with Crippen molar-refractivity contribution in [2.24, 2.45) is 5.92 Å². The van der Waals surface area contributed by atoms with Gasteiger partial charge in [0.15, 0.2) is 0 Å². The molecule has 0 aliphatic rings. The number of hydrogen-bond acceptors (Lipinski definition) is 1. The van der Waals surface area contributed by atoms with E-state index in [4.69, 9.17) is 5.26 Å². The topological polar surface area (TPSA) is 23.8 Å². The predicted octanol–water partition coefficient (Wildman–Crippen LogP) is 3.59. The molecule has 1 aromatic carbocycles. The van der Waals surface area contributed by atoms with Gasteiger partial charge in [0, 0.05) is 5.56 Å². The predicted molar refractivity (Wildman–Crippen MR) is 59.1 cm³/mol. The fourth-order valence-electron chi connectivity index (χ4n) is 1.49. The van der Waals surface area contributed by atoms with Gasteiger partial charge in [0.1, 0.15) is 6.07 Å². The Hall–Kier alpha value is -1.36. The summed E-state index contributed by atoms with van der Waals surface area (Å²) in [6, 6.07) is 8.83. The lowest BCUT2D eigenvalue weighted by molar-refractivity contribution is 0.274. The van der Waals surface area contributed by atoms with Crippen molar-refractivity contribution in [1.82, 2.24) is 0 Å². The molecule has 0 aromatic heterocycles. The van der Waals surface area contributed by atoms with Gasteiger partial charge in [-0.05, 0) is 24.8 Å². The standard InChI is InChI=1S/C13H16FN/c1-10(2)8-11-4-6-12(7-5-11)13(3,14)9-15/h4-7,10H,8H2,1-3H3. The van der Waals surface area contributed by atoms with Gasteiger partial charge >= 0.3 is 0 Å². The summed E-state index contributed by atoms with van der Waals surface area (Å²) in [6.45, 7) is 5.56. The van der Waals surface area contributed by atoms with Crippen molar-refractivity contribution in [3.05, 3.63) is 35.4 Å². The van der Waals surface area contributed by atoms with Crippen LogP contribution in [-0.2, 0) is 12.1 Å². The summed E-state index contributed by atoms with van der Waals surface area (Å²) in [6.07, 6.45) is 0.982. The number of halogens is 1. The average molecular weight is 205 g/mol. The molecule has 0 saturated heterocycles. The van der Waals surface area contributed by atoms with E-state index >= 15 is 0 Å². The maximum atomic E-state index is 13.6. The summed E-state index contributed by atoms with van der Waals surface area (Å²) in [5.74, 6) is 0.587. The molecule has 1 rings (SSSR count). The number of hydrogen-bond donors (Lipinski definition) is 0. The maximum Gasteiger partial charge on any atom is 0.218 e. The summed E-state index contributed by atoms with van der Waals surface area (Å²) in [4.78, 5) is 0. The maximum absolute atomic E-state index is 13.6. The first-order valence-electron chi connectivity index (χ1n) is 5.15. The van der Waals surface area contributed by atoms with Gasteiger partial charge in [-0.25, -0.2) is 4.39 Å². The minimum absolute atomic E-state index is 0.428. The van der Waals surface area contributed by atoms with Crippen LogP contribution in [0.15, 0.2) is 24.3 Å². The van der Waals surface area contributed by atoms with Gasteiger partial charge < -0.3 is 0 Å². The highest BCUT2D eigenvalue weighted by molar-refractivity contribution is 5.31. The van der Waals surface area contributed by atoms with Crippen molar-refractivity contribution >= 4 is 0 Å². The quantitative estimate of drug-likeness (QED) is 0.739. The van der Waals surface area contributed by atoms with E-state index in [1.165, 1.54) is 12.5 Å². The third kappa shape index (κ3) is 3.06. The summed E-state index contributed by atoms with van der Waals surface area (Å²) in [7, 11) is 0. The Kier molecular flexibility index (Phi) is 3.47. The van der Waals surface area contributed by atoms with E-state index in [1.807, 2.05) is 12.1 Å². The molecule has 0 bridgehead atoms. The Labute approximate surface area is 90.5 Å². The zero-order chi connectivity index (χ0) is 11.5. The Balaban J connectivity index is 2.87. The third-order valence-electron chi connectivity index (χ3n) is 2.35. The Morgan fingerprint density at radius 3 is 2.27 bits per heavy atom. The number of benzene rings is 1. The molecule has 0 aliphatic carbocycles. The van der Waals surface area contributed by atoms with E-state index in [2.05, 4.69) is 13.8 Å². The molecule has 0 N–H and O–H groups in total. The molecule has 2 heteroatoms. The molecule has 0 fully saturated rings. The number of rotatable bonds is 3. The van der Waals surface area contributed by atoms with E-state index in [1.54, 1.807) is 18.2 Å². The van der Waals surface area contributed by atoms with Gasteiger partial charge in [0.25, 0.3) is 0 Å². The van der Waals surface area contributed by atoms with Crippen LogP contribution in [0.5, 0.6) is 0 Å². The number of alkyl halides is 1. The van der Waals surface area contributed by atoms with E-state index in [9.17, 15) is 4.39 Å². The van der Waals surface area contributed by atoms with Crippen LogP contribution in [0.1, 0.15) is 31.9 Å². The molecule has 0 heterocycles. The third-order valence-corrected chi connectivity index (χ3v) is 2.35. The van der Waals surface area contributed by atoms with Crippen molar-refractivity contribution < 1.29 is 4.39 Å². The highest BCUT2D eigenvalue weighted by Gasteiger charge is 2.24. The second-order valence-electron chi connectivity index (χ2n) is 4.41. The molecule has 1 nitrogen and oxygen atoms in total. The largest absolute Gasteiger partial charge is 0.222 e. The van der Waals surface area contributed by atoms with Crippen LogP contribution in [0, 0.1) is 17.2 Å². The molecule has 1 atom stereocenters. The summed E-state index contributed by atoms with van der Waals surface area (Å²) < 4.78 is 13.6. The van der Waals surface area contributed by atoms with Crippen LogP contribution in [-0.4, -0.2) is 0 Å². The van der Waals surface area contributed by atoms with Gasteiger partial charge in [-0.2, -0.15) is 5.26 Å². The van der Waals surface area contributed by atoms with Crippen molar-refractivity contribution in [3.63, 3.8) is 0 Å². The molecule has 80 valence electrons. The Morgan fingerprint density at radius 2 is 1.87 bits per heavy atom. The second kappa shape index (κ2) is 4.44. The lowest BCUT2D eigenvalue weighted by Crippen LogP contribution is -2.11. The zero-order valence-corrected chi connectivity index (χ0v) is 9.42. The smallest absolute Gasteiger partial charge is 0.218 e. The normalized spacial score (nSPS) is 14.7. The van der Waals surface area contributed by atoms with Gasteiger partial charge in [0.2, 0.25) is 5.67 Å². The zero-order valence-electron chi connectivity index (χ0n) is 9.42. The van der Waals surface area contributed by atoms with Crippen molar-refractivity contribution in [3.8, 4) is 6.07 Å². The summed E-state index contributed by atoms with van der Waals surface area (Å²) >= 11 is 0. The first-order chi connectivity index (χ1) is 6.95. The van der Waals surface area contributed by atoms with Gasteiger partial charge in [-0.1, -0.05) is 38.1 Å². The van der Waals surface area contributed by atoms with Crippen molar-refractivity contribution in [2.75, 3.05) is 0 Å². The highest BCUT2D eigenvalue weighted by Crippen LogP contribution is 2.24. The summed E-state index contributed by atoms with van der Waals surface area (Å²) in [5, 5.41) is 8.64. The molecular formula is C13H16FN. The minimum atomic E-state index is -1.88. The van der Waals surface area contributed by atoms with Crippen LogP contribution < -0.4 is 0 Å². The Bertz CT molecular complexity index is 357. The van der Waals surface area contributed by atoms with Gasteiger partial charge in [-0.3, -0.25) is 0 Å². The van der Waals surface area contributed by atoms with Crippen molar-refractivity contribution in [2.45, 2.75) is 32.9 Å². The lowest BCUT2D eigenvalue weighted by Gasteiger charge is -2.12. The van der Waals surface area contributed by atoms with Crippen LogP contribution in [0.2, 0.25) is 0 Å². The van der Waals surface area contributed by atoms with Gasteiger partial charge in [0.05, 0.1) is 0 Å². The van der Waals surface area contributed by atoms with Gasteiger partial charge in [-0.15, -0.1) is 0 Å². The van der Waals surface area contributed by atoms with Crippen molar-refractivity contribution in [1.29, 1.82) is 5.26 Å². The lowest BCUT2D eigenvalue weighted by atomic mass is 9.96. The highest BCUT2D eigenvalue weighted by atomic mass is 19.1. The van der Waals surface area contributed by atoms with Crippen LogP contribution in [0.4, 0.5) is 4.39 Å². The van der Waals surface area contributed by atoms with E-state index in [0.717, 1.165) is 6.42 Å². The average Bonchev–Trinajstić information content (AvgIpc) is 2.18. The molecule has 15 heavy (non-hydrogen) atoms. The van der Waals surface area contributed by atoms with Crippen LogP contribution >= 0.6 is 0 Å². The fourth-order valence-corrected chi connectivity index (χ4v) is 1.49. The second-order valence-corrected chi connectivity index (χ2v) is 4.41. The molecular weight excluding hydrogens is 189 g/mol. The first kappa shape index (κ1) is 11.7. The van der Waals surface area contributed by atoms with E-state index < -0.39 is 5.67 Å². The minimum Gasteiger partial charge on any atom is -0.222 e. The molecule has 0 spiro atoms. The SMILES string of the molecule is CC(C)Cc1ccc(C(C)(F)C#N)cc1. The number of nitrogens with zero attached hydrogens (tertiary/aromatic N) is 1. The first-order valence-corrected chi connectivity index (χ1v) is 5.15. The number of nitriles is 1. The van der Waals surface area contributed by atoms with E-state index in [0.29, 0.717) is 11.5 Å².